The molecule has 1 amide bonds. The lowest BCUT2D eigenvalue weighted by molar-refractivity contribution is -0.122. The summed E-state index contributed by atoms with van der Waals surface area (Å²) in [4.78, 5) is 12.0. The molecule has 0 unspecified atom stereocenters. The van der Waals surface area contributed by atoms with Gasteiger partial charge in [0, 0.05) is 31.5 Å². The van der Waals surface area contributed by atoms with E-state index in [2.05, 4.69) is 5.32 Å². The van der Waals surface area contributed by atoms with Crippen molar-refractivity contribution in [2.45, 2.75) is 31.7 Å². The molecule has 0 aromatic heterocycles. The molecule has 4 nitrogen and oxygen atoms in total. The van der Waals surface area contributed by atoms with E-state index >= 15 is 0 Å². The van der Waals surface area contributed by atoms with Crippen LogP contribution in [0.25, 0.3) is 0 Å². The van der Waals surface area contributed by atoms with E-state index in [0.717, 1.165) is 25.0 Å². The van der Waals surface area contributed by atoms with E-state index in [1.165, 1.54) is 6.42 Å². The molecular formula is C16H24N2O2. The van der Waals surface area contributed by atoms with Crippen molar-refractivity contribution < 1.29 is 9.53 Å². The fourth-order valence-electron chi connectivity index (χ4n) is 2.73. The average molecular weight is 276 g/mol. The smallest absolute Gasteiger partial charge is 0.221 e. The second-order valence-corrected chi connectivity index (χ2v) is 5.78. The van der Waals surface area contributed by atoms with Gasteiger partial charge in [-0.15, -0.1) is 0 Å². The molecule has 20 heavy (non-hydrogen) atoms. The molecule has 2 rings (SSSR count). The van der Waals surface area contributed by atoms with Crippen LogP contribution >= 0.6 is 0 Å². The van der Waals surface area contributed by atoms with Crippen molar-refractivity contribution in [2.24, 2.45) is 11.1 Å². The SMILES string of the molecule is COCC1(CNC(=O)C[C@H](N)c2ccccc2)CCC1. The van der Waals surface area contributed by atoms with Crippen LogP contribution in [0.2, 0.25) is 0 Å². The zero-order chi connectivity index (χ0) is 14.4. The number of hydrogen-bond donors (Lipinski definition) is 2. The van der Waals surface area contributed by atoms with Gasteiger partial charge >= 0.3 is 0 Å². The minimum atomic E-state index is -0.240. The average Bonchev–Trinajstić information content (AvgIpc) is 2.42. The van der Waals surface area contributed by atoms with Gasteiger partial charge in [0.25, 0.3) is 0 Å². The summed E-state index contributed by atoms with van der Waals surface area (Å²) in [5, 5.41) is 3.01. The van der Waals surface area contributed by atoms with Crippen molar-refractivity contribution in [3.05, 3.63) is 35.9 Å². The van der Waals surface area contributed by atoms with Crippen LogP contribution in [0.15, 0.2) is 30.3 Å². The minimum Gasteiger partial charge on any atom is -0.384 e. The third-order valence-corrected chi connectivity index (χ3v) is 4.16. The lowest BCUT2D eigenvalue weighted by Gasteiger charge is -2.41. The van der Waals surface area contributed by atoms with Gasteiger partial charge in [-0.2, -0.15) is 0 Å². The molecule has 1 aliphatic rings. The molecule has 1 fully saturated rings. The quantitative estimate of drug-likeness (QED) is 0.800. The zero-order valence-electron chi connectivity index (χ0n) is 12.1. The maximum absolute atomic E-state index is 12.0. The maximum Gasteiger partial charge on any atom is 0.221 e. The standard InChI is InChI=1S/C16H24N2O2/c1-20-12-16(8-5-9-16)11-18-15(19)10-14(17)13-6-3-2-4-7-13/h2-4,6-7,14H,5,8-12,17H2,1H3,(H,18,19)/t14-/m0/s1. The summed E-state index contributed by atoms with van der Waals surface area (Å²) in [5.74, 6) is 0.0173. The van der Waals surface area contributed by atoms with Gasteiger partial charge in [0.1, 0.15) is 0 Å². The molecule has 1 saturated carbocycles. The van der Waals surface area contributed by atoms with E-state index in [0.29, 0.717) is 13.0 Å². The molecule has 0 spiro atoms. The molecular weight excluding hydrogens is 252 g/mol. The van der Waals surface area contributed by atoms with Crippen molar-refractivity contribution in [2.75, 3.05) is 20.3 Å². The highest BCUT2D eigenvalue weighted by Gasteiger charge is 2.37. The molecule has 0 radical (unpaired) electrons. The van der Waals surface area contributed by atoms with E-state index in [4.69, 9.17) is 10.5 Å². The Balaban J connectivity index is 1.78. The Morgan fingerprint density at radius 3 is 2.65 bits per heavy atom. The Morgan fingerprint density at radius 1 is 1.40 bits per heavy atom. The van der Waals surface area contributed by atoms with Crippen molar-refractivity contribution in [3.63, 3.8) is 0 Å². The summed E-state index contributed by atoms with van der Waals surface area (Å²) in [6, 6.07) is 9.49. The highest BCUT2D eigenvalue weighted by molar-refractivity contribution is 5.76. The van der Waals surface area contributed by atoms with E-state index in [9.17, 15) is 4.79 Å². The fourth-order valence-corrected chi connectivity index (χ4v) is 2.73. The van der Waals surface area contributed by atoms with Crippen LogP contribution in [-0.4, -0.2) is 26.2 Å². The molecule has 1 aromatic carbocycles. The molecule has 1 aromatic rings. The number of carbonyl (C=O) groups excluding carboxylic acids is 1. The largest absolute Gasteiger partial charge is 0.384 e. The molecule has 1 atom stereocenters. The van der Waals surface area contributed by atoms with Crippen LogP contribution < -0.4 is 11.1 Å². The van der Waals surface area contributed by atoms with Crippen molar-refractivity contribution in [1.82, 2.24) is 5.32 Å². The lowest BCUT2D eigenvalue weighted by atomic mass is 9.69. The number of nitrogens with two attached hydrogens (primary N) is 1. The normalized spacial score (nSPS) is 18.1. The summed E-state index contributed by atoms with van der Waals surface area (Å²) >= 11 is 0. The Morgan fingerprint density at radius 2 is 2.10 bits per heavy atom. The van der Waals surface area contributed by atoms with Gasteiger partial charge in [0.2, 0.25) is 5.91 Å². The Bertz CT molecular complexity index is 429. The monoisotopic (exact) mass is 276 g/mol. The van der Waals surface area contributed by atoms with Crippen LogP contribution in [0.5, 0.6) is 0 Å². The van der Waals surface area contributed by atoms with Crippen LogP contribution in [-0.2, 0) is 9.53 Å². The van der Waals surface area contributed by atoms with Gasteiger partial charge in [-0.1, -0.05) is 36.8 Å². The maximum atomic E-state index is 12.0. The van der Waals surface area contributed by atoms with Crippen LogP contribution in [0.4, 0.5) is 0 Å². The topological polar surface area (TPSA) is 64.3 Å². The molecule has 0 bridgehead atoms. The first-order valence-electron chi connectivity index (χ1n) is 7.21. The third-order valence-electron chi connectivity index (χ3n) is 4.16. The Hall–Kier alpha value is -1.39. The zero-order valence-corrected chi connectivity index (χ0v) is 12.1. The van der Waals surface area contributed by atoms with Gasteiger partial charge in [0.05, 0.1) is 6.61 Å². The summed E-state index contributed by atoms with van der Waals surface area (Å²) in [5.41, 5.74) is 7.21. The molecule has 1 aliphatic carbocycles. The van der Waals surface area contributed by atoms with Crippen LogP contribution in [0.1, 0.15) is 37.3 Å². The van der Waals surface area contributed by atoms with Crippen molar-refractivity contribution in [1.29, 1.82) is 0 Å². The molecule has 4 heteroatoms. The first-order chi connectivity index (χ1) is 9.65. The fraction of sp³-hybridized carbons (Fsp3) is 0.562. The van der Waals surface area contributed by atoms with Gasteiger partial charge in [-0.25, -0.2) is 0 Å². The van der Waals surface area contributed by atoms with Gasteiger partial charge in [-0.3, -0.25) is 4.79 Å². The predicted molar refractivity (Wildman–Crippen MR) is 79.2 cm³/mol. The Kier molecular flexibility index (Phi) is 5.15. The molecule has 3 N–H and O–H groups in total. The first-order valence-corrected chi connectivity index (χ1v) is 7.21. The van der Waals surface area contributed by atoms with E-state index in [1.54, 1.807) is 7.11 Å². The van der Waals surface area contributed by atoms with Crippen LogP contribution in [0, 0.1) is 5.41 Å². The van der Waals surface area contributed by atoms with Gasteiger partial charge < -0.3 is 15.8 Å². The number of ether oxygens (including phenoxy) is 1. The highest BCUT2D eigenvalue weighted by atomic mass is 16.5. The number of amides is 1. The van der Waals surface area contributed by atoms with Gasteiger partial charge in [0.15, 0.2) is 0 Å². The third kappa shape index (κ3) is 3.81. The lowest BCUT2D eigenvalue weighted by Crippen LogP contribution is -2.45. The second-order valence-electron chi connectivity index (χ2n) is 5.78. The number of carbonyl (C=O) groups is 1. The number of methoxy groups -OCH3 is 1. The second kappa shape index (κ2) is 6.86. The number of hydrogen-bond acceptors (Lipinski definition) is 3. The summed E-state index contributed by atoms with van der Waals surface area (Å²) < 4.78 is 5.26. The van der Waals surface area contributed by atoms with E-state index < -0.39 is 0 Å². The minimum absolute atomic E-state index is 0.0173. The van der Waals surface area contributed by atoms with Gasteiger partial charge in [-0.05, 0) is 18.4 Å². The molecule has 0 heterocycles. The molecule has 0 saturated heterocycles. The van der Waals surface area contributed by atoms with Crippen LogP contribution in [0.3, 0.4) is 0 Å². The van der Waals surface area contributed by atoms with Crippen molar-refractivity contribution in [3.8, 4) is 0 Å². The molecule has 110 valence electrons. The number of rotatable bonds is 7. The first kappa shape index (κ1) is 15.0. The predicted octanol–water partition coefficient (Wildman–Crippen LogP) is 2.01. The van der Waals surface area contributed by atoms with Crippen molar-refractivity contribution >= 4 is 5.91 Å². The number of benzene rings is 1. The highest BCUT2D eigenvalue weighted by Crippen LogP contribution is 2.40. The summed E-state index contributed by atoms with van der Waals surface area (Å²) in [6.07, 6.45) is 3.81. The van der Waals surface area contributed by atoms with E-state index in [1.807, 2.05) is 30.3 Å². The van der Waals surface area contributed by atoms with E-state index in [-0.39, 0.29) is 17.4 Å². The molecule has 0 aliphatic heterocycles. The summed E-state index contributed by atoms with van der Waals surface area (Å²) in [7, 11) is 1.72. The number of nitrogens with one attached hydrogen (secondary N) is 1. The Labute approximate surface area is 120 Å². The summed E-state index contributed by atoms with van der Waals surface area (Å²) in [6.45, 7) is 1.42.